The molecular formula is C13H8ClN3O2. The van der Waals surface area contributed by atoms with E-state index in [1.165, 1.54) is 17.1 Å². The van der Waals surface area contributed by atoms with Crippen molar-refractivity contribution in [2.45, 2.75) is 0 Å². The third-order valence-corrected chi connectivity index (χ3v) is 2.97. The number of carbonyl (C=O) groups is 1. The molecular weight excluding hydrogens is 266 g/mol. The molecule has 0 unspecified atom stereocenters. The number of carboxylic acids is 1. The van der Waals surface area contributed by atoms with Gasteiger partial charge >= 0.3 is 5.97 Å². The zero-order chi connectivity index (χ0) is 13.4. The van der Waals surface area contributed by atoms with Crippen molar-refractivity contribution in [2.24, 2.45) is 0 Å². The van der Waals surface area contributed by atoms with Crippen molar-refractivity contribution in [1.29, 1.82) is 0 Å². The Labute approximate surface area is 113 Å². The Hall–Kier alpha value is -2.40. The molecule has 3 aromatic rings. The summed E-state index contributed by atoms with van der Waals surface area (Å²) in [6.07, 6.45) is 4.45. The Bertz CT molecular complexity index is 782. The number of nitrogens with zero attached hydrogens (tertiary/aromatic N) is 3. The Balaban J connectivity index is 2.34. The van der Waals surface area contributed by atoms with Crippen LogP contribution in [0.4, 0.5) is 0 Å². The number of pyridine rings is 1. The van der Waals surface area contributed by atoms with Crippen molar-refractivity contribution < 1.29 is 9.90 Å². The Morgan fingerprint density at radius 3 is 2.58 bits per heavy atom. The number of fused-ring (bicyclic) bond motifs is 1. The molecule has 1 N–H and O–H groups in total. The van der Waals surface area contributed by atoms with Gasteiger partial charge in [-0.25, -0.2) is 14.5 Å². The fraction of sp³-hybridized carbons (Fsp3) is 0. The quantitative estimate of drug-likeness (QED) is 0.779. The van der Waals surface area contributed by atoms with E-state index in [-0.39, 0.29) is 5.56 Å². The van der Waals surface area contributed by atoms with Crippen molar-refractivity contribution in [2.75, 3.05) is 0 Å². The van der Waals surface area contributed by atoms with Crippen molar-refractivity contribution in [1.82, 2.24) is 14.8 Å². The monoisotopic (exact) mass is 273 g/mol. The SMILES string of the molecule is O=C(O)c1cnc(-n2cc(Cl)cn2)c2ccccc12. The molecule has 19 heavy (non-hydrogen) atoms. The summed E-state index contributed by atoms with van der Waals surface area (Å²) in [5, 5.41) is 15.1. The van der Waals surface area contributed by atoms with Crippen LogP contribution < -0.4 is 0 Å². The highest BCUT2D eigenvalue weighted by atomic mass is 35.5. The number of hydrogen-bond donors (Lipinski definition) is 1. The van der Waals surface area contributed by atoms with Gasteiger partial charge in [-0.1, -0.05) is 35.9 Å². The zero-order valence-corrected chi connectivity index (χ0v) is 10.4. The molecule has 2 heterocycles. The number of carboxylic acid groups (broad SMARTS) is 1. The van der Waals surface area contributed by atoms with Gasteiger partial charge in [-0.2, -0.15) is 5.10 Å². The standard InChI is InChI=1S/C13H8ClN3O2/c14-8-5-16-17(7-8)12-10-4-2-1-3-9(10)11(6-15-12)13(18)19/h1-7H,(H,18,19). The van der Waals surface area contributed by atoms with Crippen molar-refractivity contribution >= 4 is 28.3 Å². The van der Waals surface area contributed by atoms with E-state index in [4.69, 9.17) is 16.7 Å². The van der Waals surface area contributed by atoms with Gasteiger partial charge in [-0.3, -0.25) is 0 Å². The summed E-state index contributed by atoms with van der Waals surface area (Å²) in [6.45, 7) is 0. The second-order valence-corrected chi connectivity index (χ2v) is 4.39. The van der Waals surface area contributed by atoms with E-state index in [0.29, 0.717) is 21.6 Å². The molecule has 0 amide bonds. The largest absolute Gasteiger partial charge is 0.478 e. The van der Waals surface area contributed by atoms with E-state index in [2.05, 4.69) is 10.1 Å². The highest BCUT2D eigenvalue weighted by Gasteiger charge is 2.13. The first-order valence-corrected chi connectivity index (χ1v) is 5.86. The smallest absolute Gasteiger partial charge is 0.337 e. The lowest BCUT2D eigenvalue weighted by Gasteiger charge is -2.07. The molecule has 0 aliphatic heterocycles. The van der Waals surface area contributed by atoms with Gasteiger partial charge in [-0.05, 0) is 0 Å². The van der Waals surface area contributed by atoms with Crippen LogP contribution in [0.1, 0.15) is 10.4 Å². The van der Waals surface area contributed by atoms with Crippen LogP contribution in [-0.2, 0) is 0 Å². The molecule has 5 nitrogen and oxygen atoms in total. The minimum atomic E-state index is -1.01. The van der Waals surface area contributed by atoms with Crippen LogP contribution in [-0.4, -0.2) is 25.8 Å². The molecule has 0 bridgehead atoms. The maximum absolute atomic E-state index is 11.2. The van der Waals surface area contributed by atoms with E-state index in [1.807, 2.05) is 6.07 Å². The van der Waals surface area contributed by atoms with Crippen LogP contribution in [0.25, 0.3) is 16.6 Å². The lowest BCUT2D eigenvalue weighted by Crippen LogP contribution is -2.04. The van der Waals surface area contributed by atoms with Gasteiger partial charge in [0.25, 0.3) is 0 Å². The molecule has 0 saturated heterocycles. The van der Waals surface area contributed by atoms with Gasteiger partial charge in [0.05, 0.1) is 23.0 Å². The molecule has 0 atom stereocenters. The number of halogens is 1. The molecule has 0 fully saturated rings. The minimum Gasteiger partial charge on any atom is -0.478 e. The molecule has 0 radical (unpaired) electrons. The molecule has 94 valence electrons. The van der Waals surface area contributed by atoms with Crippen LogP contribution in [0.3, 0.4) is 0 Å². The van der Waals surface area contributed by atoms with E-state index < -0.39 is 5.97 Å². The first kappa shape index (κ1) is 11.7. The van der Waals surface area contributed by atoms with Crippen LogP contribution in [0.15, 0.2) is 42.9 Å². The van der Waals surface area contributed by atoms with E-state index in [1.54, 1.807) is 24.4 Å². The van der Waals surface area contributed by atoms with Crippen molar-refractivity contribution in [3.63, 3.8) is 0 Å². The van der Waals surface area contributed by atoms with Gasteiger partial charge < -0.3 is 5.11 Å². The van der Waals surface area contributed by atoms with Crippen molar-refractivity contribution in [3.8, 4) is 5.82 Å². The van der Waals surface area contributed by atoms with Gasteiger partial charge in [0, 0.05) is 17.0 Å². The average Bonchev–Trinajstić information content (AvgIpc) is 2.83. The summed E-state index contributed by atoms with van der Waals surface area (Å²) in [7, 11) is 0. The topological polar surface area (TPSA) is 68.0 Å². The molecule has 3 rings (SSSR count). The number of benzene rings is 1. The summed E-state index contributed by atoms with van der Waals surface area (Å²) in [6, 6.07) is 7.16. The fourth-order valence-electron chi connectivity index (χ4n) is 1.95. The molecule has 0 saturated carbocycles. The Morgan fingerprint density at radius 2 is 1.95 bits per heavy atom. The van der Waals surface area contributed by atoms with Gasteiger partial charge in [0.2, 0.25) is 0 Å². The molecule has 0 aliphatic rings. The summed E-state index contributed by atoms with van der Waals surface area (Å²) in [5.74, 6) is -0.457. The second kappa shape index (κ2) is 4.37. The molecule has 0 aliphatic carbocycles. The Morgan fingerprint density at radius 1 is 1.21 bits per heavy atom. The predicted molar refractivity (Wildman–Crippen MR) is 70.8 cm³/mol. The summed E-state index contributed by atoms with van der Waals surface area (Å²) >= 11 is 5.84. The fourth-order valence-corrected chi connectivity index (χ4v) is 2.08. The van der Waals surface area contributed by atoms with Crippen LogP contribution in [0.2, 0.25) is 5.02 Å². The third kappa shape index (κ3) is 1.94. The number of aromatic nitrogens is 3. The van der Waals surface area contributed by atoms with E-state index in [9.17, 15) is 4.79 Å². The number of hydrogen-bond acceptors (Lipinski definition) is 3. The number of rotatable bonds is 2. The summed E-state index contributed by atoms with van der Waals surface area (Å²) in [5.41, 5.74) is 0.164. The molecule has 0 spiro atoms. The van der Waals surface area contributed by atoms with E-state index in [0.717, 1.165) is 0 Å². The predicted octanol–water partition coefficient (Wildman–Crippen LogP) is 2.77. The molecule has 6 heteroatoms. The van der Waals surface area contributed by atoms with Gasteiger partial charge in [-0.15, -0.1) is 0 Å². The maximum Gasteiger partial charge on any atom is 0.337 e. The first-order chi connectivity index (χ1) is 9.16. The van der Waals surface area contributed by atoms with Crippen molar-refractivity contribution in [3.05, 3.63) is 53.4 Å². The minimum absolute atomic E-state index is 0.164. The van der Waals surface area contributed by atoms with Gasteiger partial charge in [0.1, 0.15) is 0 Å². The maximum atomic E-state index is 11.2. The first-order valence-electron chi connectivity index (χ1n) is 5.48. The lowest BCUT2D eigenvalue weighted by molar-refractivity contribution is 0.0698. The second-order valence-electron chi connectivity index (χ2n) is 3.95. The van der Waals surface area contributed by atoms with Crippen LogP contribution in [0.5, 0.6) is 0 Å². The molecule has 2 aromatic heterocycles. The van der Waals surface area contributed by atoms with Gasteiger partial charge in [0.15, 0.2) is 5.82 Å². The number of aromatic carboxylic acids is 1. The summed E-state index contributed by atoms with van der Waals surface area (Å²) < 4.78 is 1.52. The average molecular weight is 274 g/mol. The van der Waals surface area contributed by atoms with Crippen LogP contribution in [0, 0.1) is 0 Å². The van der Waals surface area contributed by atoms with Crippen LogP contribution >= 0.6 is 11.6 Å². The van der Waals surface area contributed by atoms with E-state index >= 15 is 0 Å². The highest BCUT2D eigenvalue weighted by molar-refractivity contribution is 6.30. The Kier molecular flexibility index (Phi) is 2.68. The highest BCUT2D eigenvalue weighted by Crippen LogP contribution is 2.24. The third-order valence-electron chi connectivity index (χ3n) is 2.77. The lowest BCUT2D eigenvalue weighted by atomic mass is 10.1. The normalized spacial score (nSPS) is 10.8. The summed E-state index contributed by atoms with van der Waals surface area (Å²) in [4.78, 5) is 15.4. The molecule has 1 aromatic carbocycles. The zero-order valence-electron chi connectivity index (χ0n) is 9.62.